The van der Waals surface area contributed by atoms with Crippen molar-refractivity contribution in [1.29, 1.82) is 0 Å². The molecule has 4 nitrogen and oxygen atoms in total. The zero-order valence-corrected chi connectivity index (χ0v) is 11.2. The number of nitrogens with zero attached hydrogens (tertiary/aromatic N) is 1. The van der Waals surface area contributed by atoms with Gasteiger partial charge in [0.1, 0.15) is 6.61 Å². The molecule has 0 aliphatic carbocycles. The molecule has 0 bridgehead atoms. The van der Waals surface area contributed by atoms with Crippen molar-refractivity contribution in [3.63, 3.8) is 0 Å². The summed E-state index contributed by atoms with van der Waals surface area (Å²) >= 11 is 1.60. The first-order valence-corrected chi connectivity index (χ1v) is 6.80. The lowest BCUT2D eigenvalue weighted by atomic mass is 10.3. The fourth-order valence-electron chi connectivity index (χ4n) is 1.27. The van der Waals surface area contributed by atoms with E-state index in [0.717, 1.165) is 17.1 Å². The lowest BCUT2D eigenvalue weighted by molar-refractivity contribution is -0.145. The molecule has 96 valence electrons. The Bertz CT molecular complexity index is 338. The predicted molar refractivity (Wildman–Crippen MR) is 67.0 cm³/mol. The summed E-state index contributed by atoms with van der Waals surface area (Å²) in [5.41, 5.74) is 0.838. The van der Waals surface area contributed by atoms with Gasteiger partial charge < -0.3 is 9.47 Å². The minimum atomic E-state index is -0.184. The molecule has 1 rings (SSSR count). The highest BCUT2D eigenvalue weighted by Gasteiger charge is 2.05. The van der Waals surface area contributed by atoms with E-state index in [1.54, 1.807) is 11.3 Å². The van der Waals surface area contributed by atoms with Crippen LogP contribution >= 0.6 is 11.3 Å². The van der Waals surface area contributed by atoms with Gasteiger partial charge in [-0.3, -0.25) is 4.79 Å². The number of aromatic nitrogens is 1. The van der Waals surface area contributed by atoms with E-state index in [0.29, 0.717) is 26.1 Å². The molecule has 0 aromatic carbocycles. The van der Waals surface area contributed by atoms with E-state index in [1.165, 1.54) is 0 Å². The van der Waals surface area contributed by atoms with Crippen LogP contribution in [0.5, 0.6) is 0 Å². The second-order valence-electron chi connectivity index (χ2n) is 3.55. The Hall–Kier alpha value is -0.940. The van der Waals surface area contributed by atoms with Crippen LogP contribution in [-0.4, -0.2) is 24.2 Å². The second kappa shape index (κ2) is 8.20. The van der Waals surface area contributed by atoms with Crippen LogP contribution < -0.4 is 0 Å². The minimum absolute atomic E-state index is 0.184. The number of rotatable bonds is 8. The highest BCUT2D eigenvalue weighted by molar-refractivity contribution is 7.09. The van der Waals surface area contributed by atoms with Crippen molar-refractivity contribution in [3.05, 3.63) is 16.1 Å². The van der Waals surface area contributed by atoms with Crippen molar-refractivity contribution < 1.29 is 14.3 Å². The first kappa shape index (κ1) is 14.1. The van der Waals surface area contributed by atoms with Crippen LogP contribution in [0, 0.1) is 0 Å². The highest BCUT2D eigenvalue weighted by Crippen LogP contribution is 2.11. The van der Waals surface area contributed by atoms with Gasteiger partial charge in [-0.05, 0) is 19.8 Å². The van der Waals surface area contributed by atoms with Crippen molar-refractivity contribution in [2.24, 2.45) is 0 Å². The van der Waals surface area contributed by atoms with Gasteiger partial charge in [0.05, 0.1) is 10.7 Å². The summed E-state index contributed by atoms with van der Waals surface area (Å²) in [6.07, 6.45) is 2.04. The smallest absolute Gasteiger partial charge is 0.306 e. The molecule has 1 aromatic heterocycles. The number of thiazole rings is 1. The number of hydrogen-bond donors (Lipinski definition) is 0. The molecule has 1 aromatic rings. The van der Waals surface area contributed by atoms with Gasteiger partial charge in [0.2, 0.25) is 0 Å². The van der Waals surface area contributed by atoms with Crippen LogP contribution in [0.15, 0.2) is 5.38 Å². The van der Waals surface area contributed by atoms with Gasteiger partial charge in [-0.1, -0.05) is 6.92 Å². The van der Waals surface area contributed by atoms with Gasteiger partial charge in [0.25, 0.3) is 0 Å². The molecule has 0 spiro atoms. The van der Waals surface area contributed by atoms with Crippen LogP contribution in [0.1, 0.15) is 37.4 Å². The van der Waals surface area contributed by atoms with Crippen molar-refractivity contribution in [2.45, 2.75) is 39.7 Å². The normalized spacial score (nSPS) is 10.5. The molecule has 0 fully saturated rings. The van der Waals surface area contributed by atoms with Crippen LogP contribution in [0.2, 0.25) is 0 Å². The van der Waals surface area contributed by atoms with E-state index in [-0.39, 0.29) is 12.6 Å². The summed E-state index contributed by atoms with van der Waals surface area (Å²) in [6.45, 7) is 5.58. The third kappa shape index (κ3) is 5.79. The third-order valence-electron chi connectivity index (χ3n) is 2.16. The van der Waals surface area contributed by atoms with Crippen molar-refractivity contribution in [2.75, 3.05) is 13.2 Å². The summed E-state index contributed by atoms with van der Waals surface area (Å²) in [5, 5.41) is 3.01. The molecular weight excluding hydrogens is 238 g/mol. The van der Waals surface area contributed by atoms with Gasteiger partial charge >= 0.3 is 5.97 Å². The maximum absolute atomic E-state index is 11.4. The van der Waals surface area contributed by atoms with Crippen molar-refractivity contribution in [1.82, 2.24) is 4.98 Å². The molecule has 0 N–H and O–H groups in total. The second-order valence-corrected chi connectivity index (χ2v) is 4.49. The third-order valence-corrected chi connectivity index (χ3v) is 3.20. The first-order chi connectivity index (χ1) is 8.26. The quantitative estimate of drug-likeness (QED) is 0.530. The fraction of sp³-hybridized carbons (Fsp3) is 0.667. The number of carbonyl (C=O) groups is 1. The van der Waals surface area contributed by atoms with Crippen LogP contribution in [-0.2, 0) is 27.3 Å². The highest BCUT2D eigenvalue weighted by atomic mass is 32.1. The number of hydrogen-bond acceptors (Lipinski definition) is 5. The molecular formula is C12H19NO3S. The van der Waals surface area contributed by atoms with E-state index >= 15 is 0 Å². The van der Waals surface area contributed by atoms with Crippen molar-refractivity contribution in [3.8, 4) is 0 Å². The van der Waals surface area contributed by atoms with Gasteiger partial charge in [0.15, 0.2) is 0 Å². The van der Waals surface area contributed by atoms with Crippen LogP contribution in [0.4, 0.5) is 0 Å². The van der Waals surface area contributed by atoms with Gasteiger partial charge in [0, 0.05) is 25.0 Å². The lowest BCUT2D eigenvalue weighted by Gasteiger charge is -2.03. The van der Waals surface area contributed by atoms with E-state index in [4.69, 9.17) is 9.47 Å². The SMILES string of the molecule is CCOCCCC(=O)OCc1csc(CC)n1. The minimum Gasteiger partial charge on any atom is -0.459 e. The molecule has 0 aliphatic rings. The largest absolute Gasteiger partial charge is 0.459 e. The van der Waals surface area contributed by atoms with E-state index in [2.05, 4.69) is 11.9 Å². The summed E-state index contributed by atoms with van der Waals surface area (Å²) < 4.78 is 10.3. The molecule has 5 heteroatoms. The summed E-state index contributed by atoms with van der Waals surface area (Å²) in [4.78, 5) is 15.7. The molecule has 1 heterocycles. The summed E-state index contributed by atoms with van der Waals surface area (Å²) in [7, 11) is 0. The standard InChI is InChI=1S/C12H19NO3S/c1-3-11-13-10(9-17-11)8-16-12(14)6-5-7-15-4-2/h9H,3-8H2,1-2H3. The Morgan fingerprint density at radius 3 is 2.94 bits per heavy atom. The molecule has 0 saturated carbocycles. The molecule has 0 unspecified atom stereocenters. The summed E-state index contributed by atoms with van der Waals surface area (Å²) in [6, 6.07) is 0. The Morgan fingerprint density at radius 1 is 1.47 bits per heavy atom. The molecule has 0 radical (unpaired) electrons. The fourth-order valence-corrected chi connectivity index (χ4v) is 2.00. The predicted octanol–water partition coefficient (Wildman–Crippen LogP) is 2.57. The topological polar surface area (TPSA) is 48.4 Å². The number of carbonyl (C=O) groups excluding carboxylic acids is 1. The van der Waals surface area contributed by atoms with E-state index in [1.807, 2.05) is 12.3 Å². The Kier molecular flexibility index (Phi) is 6.81. The average molecular weight is 257 g/mol. The lowest BCUT2D eigenvalue weighted by Crippen LogP contribution is -2.06. The number of aryl methyl sites for hydroxylation is 1. The van der Waals surface area contributed by atoms with Crippen LogP contribution in [0.3, 0.4) is 0 Å². The summed E-state index contributed by atoms with van der Waals surface area (Å²) in [5.74, 6) is -0.184. The van der Waals surface area contributed by atoms with Crippen LogP contribution in [0.25, 0.3) is 0 Å². The van der Waals surface area contributed by atoms with Gasteiger partial charge in [-0.25, -0.2) is 4.98 Å². The molecule has 0 aliphatic heterocycles. The molecule has 17 heavy (non-hydrogen) atoms. The maximum atomic E-state index is 11.4. The molecule has 0 saturated heterocycles. The maximum Gasteiger partial charge on any atom is 0.306 e. The number of ether oxygens (including phenoxy) is 2. The zero-order chi connectivity index (χ0) is 12.5. The monoisotopic (exact) mass is 257 g/mol. The average Bonchev–Trinajstić information content (AvgIpc) is 2.80. The Labute approximate surface area is 106 Å². The van der Waals surface area contributed by atoms with Gasteiger partial charge in [-0.2, -0.15) is 0 Å². The zero-order valence-electron chi connectivity index (χ0n) is 10.4. The molecule has 0 amide bonds. The van der Waals surface area contributed by atoms with Crippen molar-refractivity contribution >= 4 is 17.3 Å². The first-order valence-electron chi connectivity index (χ1n) is 5.92. The molecule has 0 atom stereocenters. The van der Waals surface area contributed by atoms with E-state index in [9.17, 15) is 4.79 Å². The Balaban J connectivity index is 2.14. The Morgan fingerprint density at radius 2 is 2.29 bits per heavy atom. The van der Waals surface area contributed by atoms with E-state index < -0.39 is 0 Å². The van der Waals surface area contributed by atoms with Gasteiger partial charge in [-0.15, -0.1) is 11.3 Å². The number of esters is 1.